The van der Waals surface area contributed by atoms with Gasteiger partial charge in [0.1, 0.15) is 18.2 Å². The molecule has 1 fully saturated rings. The number of ketones is 1. The second-order valence-electron chi connectivity index (χ2n) is 14.1. The SMILES string of the molecule is C#Cc1ccc2c(c1)[C@H](c1cc(C(=O)c3cncnc3N[C@@H]3C[C@H](COS(N)(=O)=O)[C@@H](O[Si](C(C)C)(C(C)C)C(C)C)C3)sc1C)OCC2. The number of benzene rings is 1. The van der Waals surface area contributed by atoms with Gasteiger partial charge in [0.05, 0.1) is 29.8 Å². The number of nitrogens with one attached hydrogen (secondary N) is 1. The Hall–Kier alpha value is -2.96. The first kappa shape index (κ1) is 37.3. The number of fused-ring (bicyclic) bond motifs is 1. The van der Waals surface area contributed by atoms with E-state index in [1.54, 1.807) is 0 Å². The predicted molar refractivity (Wildman–Crippen MR) is 196 cm³/mol. The van der Waals surface area contributed by atoms with E-state index in [1.807, 2.05) is 25.1 Å². The molecular formula is C36H48N4O6S2Si. The first-order chi connectivity index (χ1) is 23.1. The van der Waals surface area contributed by atoms with Crippen molar-refractivity contribution in [3.05, 3.63) is 74.4 Å². The third-order valence-electron chi connectivity index (χ3n) is 10.1. The molecule has 13 heteroatoms. The van der Waals surface area contributed by atoms with Crippen molar-refractivity contribution in [1.29, 1.82) is 0 Å². The molecule has 10 nitrogen and oxygen atoms in total. The number of aryl methyl sites for hydroxylation is 1. The maximum atomic E-state index is 14.1. The fourth-order valence-corrected chi connectivity index (χ4v) is 15.0. The lowest BCUT2D eigenvalue weighted by Crippen LogP contribution is -2.51. The molecule has 2 aromatic heterocycles. The Morgan fingerprint density at radius 1 is 1.14 bits per heavy atom. The number of nitrogens with zero attached hydrogens (tertiary/aromatic N) is 2. The second kappa shape index (κ2) is 15.1. The van der Waals surface area contributed by atoms with Gasteiger partial charge in [0.15, 0.2) is 0 Å². The van der Waals surface area contributed by atoms with Crippen LogP contribution in [-0.2, 0) is 30.1 Å². The summed E-state index contributed by atoms with van der Waals surface area (Å²) in [6, 6.07) is 7.77. The summed E-state index contributed by atoms with van der Waals surface area (Å²) >= 11 is 1.42. The Morgan fingerprint density at radius 2 is 1.86 bits per heavy atom. The first-order valence-electron chi connectivity index (χ1n) is 16.9. The molecule has 0 radical (unpaired) electrons. The highest BCUT2D eigenvalue weighted by molar-refractivity contribution is 7.84. The van der Waals surface area contributed by atoms with Gasteiger partial charge in [0, 0.05) is 28.6 Å². The van der Waals surface area contributed by atoms with E-state index in [0.717, 1.165) is 28.0 Å². The fourth-order valence-electron chi connectivity index (χ4n) is 7.97. The number of thiophene rings is 1. The topological polar surface area (TPSA) is 143 Å². The van der Waals surface area contributed by atoms with Gasteiger partial charge in [0.25, 0.3) is 0 Å². The van der Waals surface area contributed by atoms with Crippen LogP contribution in [0.4, 0.5) is 5.82 Å². The first-order valence-corrected chi connectivity index (χ1v) is 21.3. The van der Waals surface area contributed by atoms with Gasteiger partial charge in [0.2, 0.25) is 14.1 Å². The molecule has 0 unspecified atom stereocenters. The summed E-state index contributed by atoms with van der Waals surface area (Å²) < 4.78 is 42.1. The molecule has 264 valence electrons. The number of carbonyl (C=O) groups is 1. The van der Waals surface area contributed by atoms with Gasteiger partial charge in [-0.3, -0.25) is 8.98 Å². The summed E-state index contributed by atoms with van der Waals surface area (Å²) in [5.41, 5.74) is 5.34. The zero-order valence-electron chi connectivity index (χ0n) is 29.4. The van der Waals surface area contributed by atoms with Gasteiger partial charge >= 0.3 is 10.3 Å². The summed E-state index contributed by atoms with van der Waals surface area (Å²) in [4.78, 5) is 24.3. The van der Waals surface area contributed by atoms with Crippen LogP contribution in [0.3, 0.4) is 0 Å². The Balaban J connectivity index is 1.40. The lowest BCUT2D eigenvalue weighted by atomic mass is 9.91. The molecule has 3 N–H and O–H groups in total. The van der Waals surface area contributed by atoms with Crippen molar-refractivity contribution >= 4 is 41.6 Å². The molecule has 0 amide bonds. The number of anilines is 1. The van der Waals surface area contributed by atoms with Crippen molar-refractivity contribution in [3.8, 4) is 12.3 Å². The van der Waals surface area contributed by atoms with Crippen LogP contribution in [-0.4, -0.2) is 57.8 Å². The zero-order valence-corrected chi connectivity index (χ0v) is 32.0. The molecular weight excluding hydrogens is 677 g/mol. The Labute approximate surface area is 296 Å². The van der Waals surface area contributed by atoms with Crippen molar-refractivity contribution < 1.29 is 26.6 Å². The van der Waals surface area contributed by atoms with Crippen molar-refractivity contribution in [3.63, 3.8) is 0 Å². The Kier molecular flexibility index (Phi) is 11.5. The van der Waals surface area contributed by atoms with Gasteiger partial charge in [-0.25, -0.2) is 15.1 Å². The molecule has 1 aliphatic carbocycles. The monoisotopic (exact) mass is 724 g/mol. The minimum atomic E-state index is -4.13. The molecule has 1 saturated carbocycles. The molecule has 4 atom stereocenters. The van der Waals surface area contributed by atoms with Crippen LogP contribution in [0.2, 0.25) is 16.6 Å². The number of hydrogen-bond acceptors (Lipinski definition) is 10. The van der Waals surface area contributed by atoms with Crippen LogP contribution in [0.15, 0.2) is 36.8 Å². The molecule has 0 spiro atoms. The second-order valence-corrected chi connectivity index (χ2v) is 22.0. The number of carbonyl (C=O) groups excluding carboxylic acids is 1. The average molecular weight is 725 g/mol. The Bertz CT molecular complexity index is 1800. The molecule has 0 saturated heterocycles. The highest BCUT2D eigenvalue weighted by Gasteiger charge is 2.49. The van der Waals surface area contributed by atoms with Gasteiger partial charge in [-0.15, -0.1) is 17.8 Å². The molecule has 3 aromatic rings. The predicted octanol–water partition coefficient (Wildman–Crippen LogP) is 6.69. The third-order valence-corrected chi connectivity index (χ3v) is 17.8. The minimum Gasteiger partial charge on any atom is -0.413 e. The summed E-state index contributed by atoms with van der Waals surface area (Å²) in [5, 5.41) is 8.72. The van der Waals surface area contributed by atoms with Gasteiger partial charge in [-0.2, -0.15) is 8.42 Å². The molecule has 5 rings (SSSR count). The lowest BCUT2D eigenvalue weighted by Gasteiger charge is -2.45. The van der Waals surface area contributed by atoms with Crippen LogP contribution in [0, 0.1) is 25.2 Å². The quantitative estimate of drug-likeness (QED) is 0.112. The summed E-state index contributed by atoms with van der Waals surface area (Å²) in [7, 11) is -6.44. The van der Waals surface area contributed by atoms with Gasteiger partial charge in [-0.05, 0) is 77.7 Å². The number of rotatable bonds is 13. The average Bonchev–Trinajstić information content (AvgIpc) is 3.63. The standard InChI is InChI=1S/C36H48N4O6S2Si/c1-9-25-10-11-26-12-13-44-35(30(26)14-25)29-17-33(47-24(29)8)34(41)31-18-38-20-39-36(31)40-28-15-27(19-45-48(37,42)43)32(16-28)46-49(21(2)3,22(4)5)23(6)7/h1,10-11,14,17-18,20-23,27-28,32,35H,12-13,15-16,19H2,2-8H3,(H2,37,42,43)(H,38,39,40)/t27-,28-,32+,35+/m1/s1. The molecule has 49 heavy (non-hydrogen) atoms. The van der Waals surface area contributed by atoms with E-state index in [9.17, 15) is 13.2 Å². The van der Waals surface area contributed by atoms with Crippen molar-refractivity contribution in [1.82, 2.24) is 9.97 Å². The van der Waals surface area contributed by atoms with Crippen molar-refractivity contribution in [2.24, 2.45) is 11.1 Å². The van der Waals surface area contributed by atoms with E-state index in [-0.39, 0.29) is 36.6 Å². The highest BCUT2D eigenvalue weighted by Crippen LogP contribution is 2.46. The van der Waals surface area contributed by atoms with E-state index in [0.29, 0.717) is 52.3 Å². The van der Waals surface area contributed by atoms with Gasteiger partial charge in [-0.1, -0.05) is 53.5 Å². The Morgan fingerprint density at radius 3 is 2.51 bits per heavy atom. The van der Waals surface area contributed by atoms with Crippen LogP contribution < -0.4 is 10.5 Å². The molecule has 1 aliphatic heterocycles. The summed E-state index contributed by atoms with van der Waals surface area (Å²) in [5.74, 6) is 2.72. The van der Waals surface area contributed by atoms with E-state index in [2.05, 4.69) is 68.8 Å². The molecule has 0 bridgehead atoms. The number of ether oxygens (including phenoxy) is 1. The van der Waals surface area contributed by atoms with E-state index in [1.165, 1.54) is 29.4 Å². The minimum absolute atomic E-state index is 0.0809. The van der Waals surface area contributed by atoms with Crippen LogP contribution in [0.1, 0.15) is 103 Å². The van der Waals surface area contributed by atoms with E-state index < -0.39 is 18.6 Å². The number of aromatic nitrogens is 2. The van der Waals surface area contributed by atoms with Gasteiger partial charge < -0.3 is 14.5 Å². The normalized spacial score (nSPS) is 21.3. The number of terminal acetylenes is 1. The number of hydrogen-bond donors (Lipinski definition) is 2. The maximum absolute atomic E-state index is 14.1. The van der Waals surface area contributed by atoms with Crippen molar-refractivity contribution in [2.45, 2.75) is 103 Å². The maximum Gasteiger partial charge on any atom is 0.333 e. The third kappa shape index (κ3) is 8.01. The van der Waals surface area contributed by atoms with Crippen molar-refractivity contribution in [2.75, 3.05) is 18.5 Å². The summed E-state index contributed by atoms with van der Waals surface area (Å²) in [6.07, 6.45) is 10.0. The zero-order chi connectivity index (χ0) is 35.7. The van der Waals surface area contributed by atoms with E-state index >= 15 is 0 Å². The lowest BCUT2D eigenvalue weighted by molar-refractivity contribution is 0.0697. The van der Waals surface area contributed by atoms with Crippen LogP contribution >= 0.6 is 11.3 Å². The smallest absolute Gasteiger partial charge is 0.333 e. The highest BCUT2D eigenvalue weighted by atomic mass is 32.2. The molecule has 2 aliphatic rings. The summed E-state index contributed by atoms with van der Waals surface area (Å²) in [6.45, 7) is 15.8. The van der Waals surface area contributed by atoms with Crippen LogP contribution in [0.25, 0.3) is 0 Å². The largest absolute Gasteiger partial charge is 0.413 e. The molecule has 3 heterocycles. The number of nitrogens with two attached hydrogens (primary N) is 1. The van der Waals surface area contributed by atoms with Crippen LogP contribution in [0.5, 0.6) is 0 Å². The molecule has 1 aromatic carbocycles. The van der Waals surface area contributed by atoms with E-state index in [4.69, 9.17) is 24.9 Å². The fraction of sp³-hybridized carbons (Fsp3) is 0.528.